The predicted molar refractivity (Wildman–Crippen MR) is 137 cm³/mol. The van der Waals surface area contributed by atoms with Gasteiger partial charge in [0.2, 0.25) is 5.78 Å². The maximum atomic E-state index is 13.6. The number of aryl methyl sites for hydroxylation is 1. The minimum atomic E-state index is -0.0412. The van der Waals surface area contributed by atoms with Gasteiger partial charge < -0.3 is 10.1 Å². The Balaban J connectivity index is 1.61. The number of ketones is 1. The van der Waals surface area contributed by atoms with Crippen molar-refractivity contribution in [1.29, 1.82) is 0 Å². The monoisotopic (exact) mass is 490 g/mol. The van der Waals surface area contributed by atoms with Crippen LogP contribution in [0.3, 0.4) is 0 Å². The number of rotatable bonds is 5. The first-order valence-electron chi connectivity index (χ1n) is 10.2. The molecule has 0 fully saturated rings. The highest BCUT2D eigenvalue weighted by Gasteiger charge is 2.28. The van der Waals surface area contributed by atoms with Crippen molar-refractivity contribution < 1.29 is 9.53 Å². The number of nitrogens with one attached hydrogen (secondary N) is 1. The molecule has 0 unspecified atom stereocenters. The first-order chi connectivity index (χ1) is 16.0. The number of ether oxygens (including phenoxy) is 1. The van der Waals surface area contributed by atoms with E-state index in [1.165, 1.54) is 11.8 Å². The number of Topliss-reactive ketones (excluding diaryl/α,β-unsaturated/α-hetero) is 1. The van der Waals surface area contributed by atoms with E-state index in [2.05, 4.69) is 5.32 Å². The number of aromatic nitrogens is 1. The molecule has 0 amide bonds. The van der Waals surface area contributed by atoms with Gasteiger partial charge in [-0.2, -0.15) is 0 Å². The predicted octanol–water partition coefficient (Wildman–Crippen LogP) is 7.55. The Hall–Kier alpha value is -3.06. The van der Waals surface area contributed by atoms with Gasteiger partial charge in [0.05, 0.1) is 34.0 Å². The minimum Gasteiger partial charge on any atom is -0.497 e. The molecule has 164 valence electrons. The zero-order valence-corrected chi connectivity index (χ0v) is 20.3. The van der Waals surface area contributed by atoms with Crippen molar-refractivity contribution >= 4 is 51.9 Å². The van der Waals surface area contributed by atoms with Gasteiger partial charge in [0.25, 0.3) is 0 Å². The van der Waals surface area contributed by atoms with Gasteiger partial charge in [-0.05, 0) is 55.5 Å². The summed E-state index contributed by atoms with van der Waals surface area (Å²) in [4.78, 5) is 21.0. The van der Waals surface area contributed by atoms with Crippen molar-refractivity contribution in [3.8, 4) is 16.3 Å². The smallest absolute Gasteiger partial charge is 0.201 e. The third kappa shape index (κ3) is 4.29. The summed E-state index contributed by atoms with van der Waals surface area (Å²) in [6.45, 7) is 1.97. The van der Waals surface area contributed by atoms with Crippen LogP contribution in [0.1, 0.15) is 20.9 Å². The number of thiazole rings is 1. The molecular weight excluding hydrogens is 472 g/mol. The quantitative estimate of drug-likeness (QED) is 0.293. The average Bonchev–Trinajstić information content (AvgIpc) is 3.24. The van der Waals surface area contributed by atoms with E-state index in [1.54, 1.807) is 42.7 Å². The fourth-order valence-corrected chi connectivity index (χ4v) is 5.88. The molecule has 3 aromatic carbocycles. The number of nitrogens with zero attached hydrogens (tertiary/aromatic N) is 1. The van der Waals surface area contributed by atoms with Crippen LogP contribution in [0.2, 0.25) is 5.02 Å². The summed E-state index contributed by atoms with van der Waals surface area (Å²) in [6, 6.07) is 22.8. The fraction of sp³-hybridized carbons (Fsp3) is 0.0769. The molecule has 4 aromatic rings. The maximum Gasteiger partial charge on any atom is 0.201 e. The normalized spacial score (nSPS) is 12.8. The van der Waals surface area contributed by atoms with Crippen LogP contribution in [0.4, 0.5) is 5.69 Å². The average molecular weight is 491 g/mol. The summed E-state index contributed by atoms with van der Waals surface area (Å²) in [5, 5.41) is 5.08. The van der Waals surface area contributed by atoms with Gasteiger partial charge in [-0.15, -0.1) is 11.3 Å². The summed E-state index contributed by atoms with van der Waals surface area (Å²) in [7, 11) is 1.61. The second kappa shape index (κ2) is 9.06. The molecule has 1 aromatic heterocycles. The standard InChI is InChI=1S/C26H19ClN2O2S2/c1-15-24(33-26(28-15)17-7-11-18(27)12-8-17)22-25(32-21-6-4-3-5-20(21)29-22)23(30)16-9-13-19(31-2)14-10-16/h3-14,29H,1-2H3. The summed E-state index contributed by atoms with van der Waals surface area (Å²) in [5.41, 5.74) is 4.23. The molecule has 4 nitrogen and oxygen atoms in total. The second-order valence-electron chi connectivity index (χ2n) is 7.43. The summed E-state index contributed by atoms with van der Waals surface area (Å²) in [5.74, 6) is 0.673. The molecular formula is C26H19ClN2O2S2. The highest BCUT2D eigenvalue weighted by molar-refractivity contribution is 8.04. The molecule has 1 aliphatic rings. The molecule has 33 heavy (non-hydrogen) atoms. The third-order valence-electron chi connectivity index (χ3n) is 5.26. The van der Waals surface area contributed by atoms with Crippen LogP contribution < -0.4 is 10.1 Å². The number of benzene rings is 3. The molecule has 0 spiro atoms. The van der Waals surface area contributed by atoms with Crippen LogP contribution in [-0.2, 0) is 0 Å². The largest absolute Gasteiger partial charge is 0.497 e. The third-order valence-corrected chi connectivity index (χ3v) is 7.90. The Kier molecular flexibility index (Phi) is 5.98. The Morgan fingerprint density at radius 1 is 1.00 bits per heavy atom. The highest BCUT2D eigenvalue weighted by Crippen LogP contribution is 2.46. The number of methoxy groups -OCH3 is 1. The minimum absolute atomic E-state index is 0.0412. The van der Waals surface area contributed by atoms with Crippen molar-refractivity contribution in [1.82, 2.24) is 4.98 Å². The van der Waals surface area contributed by atoms with E-state index in [-0.39, 0.29) is 5.78 Å². The van der Waals surface area contributed by atoms with Crippen molar-refractivity contribution in [2.75, 3.05) is 12.4 Å². The van der Waals surface area contributed by atoms with Crippen molar-refractivity contribution in [3.05, 3.63) is 98.9 Å². The lowest BCUT2D eigenvalue weighted by Gasteiger charge is -2.23. The molecule has 5 rings (SSSR count). The van der Waals surface area contributed by atoms with Crippen molar-refractivity contribution in [2.45, 2.75) is 11.8 Å². The first-order valence-corrected chi connectivity index (χ1v) is 12.3. The zero-order chi connectivity index (χ0) is 22.9. The number of hydrogen-bond acceptors (Lipinski definition) is 6. The molecule has 1 aliphatic heterocycles. The number of anilines is 1. The van der Waals surface area contributed by atoms with Gasteiger partial charge >= 0.3 is 0 Å². The van der Waals surface area contributed by atoms with Crippen LogP contribution in [0, 0.1) is 6.92 Å². The van der Waals surface area contributed by atoms with E-state index in [9.17, 15) is 4.79 Å². The molecule has 0 radical (unpaired) electrons. The number of carbonyl (C=O) groups is 1. The molecule has 0 bridgehead atoms. The Morgan fingerprint density at radius 3 is 2.45 bits per heavy atom. The number of thioether (sulfide) groups is 1. The highest BCUT2D eigenvalue weighted by atomic mass is 35.5. The van der Waals surface area contributed by atoms with Crippen LogP contribution in [0.25, 0.3) is 16.3 Å². The lowest BCUT2D eigenvalue weighted by Crippen LogP contribution is -2.13. The van der Waals surface area contributed by atoms with Gasteiger partial charge in [-0.3, -0.25) is 4.79 Å². The fourth-order valence-electron chi connectivity index (χ4n) is 3.55. The Labute approximate surface area is 205 Å². The van der Waals surface area contributed by atoms with Gasteiger partial charge in [0, 0.05) is 21.0 Å². The van der Waals surface area contributed by atoms with Gasteiger partial charge in [0.15, 0.2) is 0 Å². The number of fused-ring (bicyclic) bond motifs is 1. The molecule has 0 saturated heterocycles. The SMILES string of the molecule is COc1ccc(C(=O)C2=C(c3sc(-c4ccc(Cl)cc4)nc3C)Nc3ccccc3S2)cc1. The summed E-state index contributed by atoms with van der Waals surface area (Å²) in [6.07, 6.45) is 0. The van der Waals surface area contributed by atoms with Crippen LogP contribution in [0.15, 0.2) is 82.6 Å². The number of halogens is 1. The molecule has 1 N–H and O–H groups in total. The van der Waals surface area contributed by atoms with E-state index >= 15 is 0 Å². The Morgan fingerprint density at radius 2 is 1.73 bits per heavy atom. The molecule has 0 atom stereocenters. The maximum absolute atomic E-state index is 13.6. The number of carbonyl (C=O) groups excluding carboxylic acids is 1. The van der Waals surface area contributed by atoms with E-state index in [0.717, 1.165) is 37.4 Å². The molecule has 7 heteroatoms. The zero-order valence-electron chi connectivity index (χ0n) is 17.9. The molecule has 0 saturated carbocycles. The molecule has 0 aliphatic carbocycles. The summed E-state index contributed by atoms with van der Waals surface area (Å²) >= 11 is 9.10. The van der Waals surface area contributed by atoms with E-state index < -0.39 is 0 Å². The van der Waals surface area contributed by atoms with Gasteiger partial charge in [-0.1, -0.05) is 47.6 Å². The van der Waals surface area contributed by atoms with Crippen molar-refractivity contribution in [3.63, 3.8) is 0 Å². The van der Waals surface area contributed by atoms with Gasteiger partial charge in [0.1, 0.15) is 10.8 Å². The lowest BCUT2D eigenvalue weighted by atomic mass is 10.1. The van der Waals surface area contributed by atoms with Crippen LogP contribution >= 0.6 is 34.7 Å². The van der Waals surface area contributed by atoms with E-state index in [1.807, 2.05) is 55.5 Å². The second-order valence-corrected chi connectivity index (χ2v) is 9.91. The number of allylic oxidation sites excluding steroid dienone is 1. The number of hydrogen-bond donors (Lipinski definition) is 1. The number of para-hydroxylation sites is 1. The molecule has 2 heterocycles. The Bertz CT molecular complexity index is 1380. The van der Waals surface area contributed by atoms with Gasteiger partial charge in [-0.25, -0.2) is 4.98 Å². The lowest BCUT2D eigenvalue weighted by molar-refractivity contribution is 0.104. The van der Waals surface area contributed by atoms with E-state index in [0.29, 0.717) is 21.2 Å². The van der Waals surface area contributed by atoms with Crippen LogP contribution in [0.5, 0.6) is 5.75 Å². The van der Waals surface area contributed by atoms with Crippen molar-refractivity contribution in [2.24, 2.45) is 0 Å². The van der Waals surface area contributed by atoms with E-state index in [4.69, 9.17) is 21.3 Å². The van der Waals surface area contributed by atoms with Crippen LogP contribution in [-0.4, -0.2) is 17.9 Å². The summed E-state index contributed by atoms with van der Waals surface area (Å²) < 4.78 is 5.24. The first kappa shape index (κ1) is 21.8. The topological polar surface area (TPSA) is 51.2 Å².